The van der Waals surface area contributed by atoms with Gasteiger partial charge in [-0.1, -0.05) is 13.8 Å². The Balaban J connectivity index is 1.78. The van der Waals surface area contributed by atoms with E-state index in [1.54, 1.807) is 0 Å². The molecule has 2 aliphatic rings. The summed E-state index contributed by atoms with van der Waals surface area (Å²) < 4.78 is 11.1. The molecule has 2 heterocycles. The Morgan fingerprint density at radius 1 is 1.17 bits per heavy atom. The summed E-state index contributed by atoms with van der Waals surface area (Å²) in [5.74, 6) is 0.818. The van der Waals surface area contributed by atoms with Crippen LogP contribution >= 0.6 is 0 Å². The fraction of sp³-hybridized carbons (Fsp3) is 1.00. The van der Waals surface area contributed by atoms with Crippen molar-refractivity contribution < 1.29 is 9.47 Å². The Labute approximate surface area is 111 Å². The zero-order valence-electron chi connectivity index (χ0n) is 11.9. The molecule has 4 heteroatoms. The van der Waals surface area contributed by atoms with E-state index in [1.165, 1.54) is 19.4 Å². The van der Waals surface area contributed by atoms with Gasteiger partial charge < -0.3 is 14.8 Å². The van der Waals surface area contributed by atoms with E-state index in [9.17, 15) is 0 Å². The topological polar surface area (TPSA) is 33.7 Å². The minimum atomic E-state index is 0.545. The van der Waals surface area contributed by atoms with Gasteiger partial charge in [0.1, 0.15) is 0 Å². The molecule has 0 aromatic heterocycles. The quantitative estimate of drug-likeness (QED) is 0.799. The van der Waals surface area contributed by atoms with Gasteiger partial charge in [0.05, 0.1) is 13.2 Å². The Hall–Kier alpha value is -0.160. The minimum Gasteiger partial charge on any atom is -0.381 e. The Morgan fingerprint density at radius 2 is 1.94 bits per heavy atom. The molecule has 4 nitrogen and oxygen atoms in total. The van der Waals surface area contributed by atoms with Crippen molar-refractivity contribution in [2.45, 2.75) is 38.8 Å². The largest absolute Gasteiger partial charge is 0.381 e. The van der Waals surface area contributed by atoms with Gasteiger partial charge in [-0.3, -0.25) is 4.90 Å². The van der Waals surface area contributed by atoms with Gasteiger partial charge in [0.15, 0.2) is 0 Å². The average Bonchev–Trinajstić information content (AvgIpc) is 2.39. The average molecular weight is 256 g/mol. The molecule has 2 aliphatic heterocycles. The van der Waals surface area contributed by atoms with Crippen LogP contribution in [0.4, 0.5) is 0 Å². The molecule has 0 aromatic carbocycles. The van der Waals surface area contributed by atoms with Crippen LogP contribution in [0.15, 0.2) is 0 Å². The molecule has 2 rings (SSSR count). The van der Waals surface area contributed by atoms with E-state index in [4.69, 9.17) is 9.47 Å². The molecular weight excluding hydrogens is 228 g/mol. The molecular formula is C14H28N2O2. The molecule has 0 aliphatic carbocycles. The molecule has 2 fully saturated rings. The number of ether oxygens (including phenoxy) is 2. The number of hydrogen-bond acceptors (Lipinski definition) is 4. The van der Waals surface area contributed by atoms with E-state index < -0.39 is 0 Å². The molecule has 1 atom stereocenters. The van der Waals surface area contributed by atoms with Crippen molar-refractivity contribution in [1.82, 2.24) is 10.2 Å². The van der Waals surface area contributed by atoms with Crippen molar-refractivity contribution in [3.05, 3.63) is 0 Å². The maximum atomic E-state index is 5.63. The first-order chi connectivity index (χ1) is 8.75. The molecule has 1 N–H and O–H groups in total. The monoisotopic (exact) mass is 256 g/mol. The lowest BCUT2D eigenvalue weighted by Crippen LogP contribution is -2.52. The van der Waals surface area contributed by atoms with Crippen LogP contribution in [0.3, 0.4) is 0 Å². The van der Waals surface area contributed by atoms with Crippen molar-refractivity contribution in [2.24, 2.45) is 5.92 Å². The van der Waals surface area contributed by atoms with Crippen molar-refractivity contribution in [3.8, 4) is 0 Å². The lowest BCUT2D eigenvalue weighted by molar-refractivity contribution is -0.0255. The first kappa shape index (κ1) is 14.3. The lowest BCUT2D eigenvalue weighted by Gasteiger charge is -2.39. The number of nitrogens with one attached hydrogen (secondary N) is 1. The molecule has 0 bridgehead atoms. The highest BCUT2D eigenvalue weighted by Gasteiger charge is 2.26. The zero-order valence-corrected chi connectivity index (χ0v) is 11.9. The van der Waals surface area contributed by atoms with Crippen molar-refractivity contribution >= 4 is 0 Å². The van der Waals surface area contributed by atoms with Crippen LogP contribution in [0.1, 0.15) is 26.7 Å². The van der Waals surface area contributed by atoms with Crippen LogP contribution in [-0.4, -0.2) is 63.0 Å². The van der Waals surface area contributed by atoms with Crippen molar-refractivity contribution in [3.63, 3.8) is 0 Å². The number of nitrogens with zero attached hydrogens (tertiary/aromatic N) is 1. The fourth-order valence-electron chi connectivity index (χ4n) is 2.75. The highest BCUT2D eigenvalue weighted by atomic mass is 16.5. The predicted octanol–water partition coefficient (Wildman–Crippen LogP) is 1.11. The summed E-state index contributed by atoms with van der Waals surface area (Å²) in [5, 5.41) is 3.54. The van der Waals surface area contributed by atoms with Gasteiger partial charge in [-0.05, 0) is 18.8 Å². The van der Waals surface area contributed by atoms with Gasteiger partial charge in [0.2, 0.25) is 0 Å². The van der Waals surface area contributed by atoms with Gasteiger partial charge >= 0.3 is 0 Å². The number of morpholine rings is 1. The SMILES string of the molecule is CC(C)NCC1COCCN1CC1CCOCC1. The predicted molar refractivity (Wildman–Crippen MR) is 72.9 cm³/mol. The Bertz CT molecular complexity index is 230. The van der Waals surface area contributed by atoms with E-state index in [0.29, 0.717) is 12.1 Å². The van der Waals surface area contributed by atoms with Gasteiger partial charge in [-0.25, -0.2) is 0 Å². The first-order valence-corrected chi connectivity index (χ1v) is 7.38. The molecule has 1 unspecified atom stereocenters. The fourth-order valence-corrected chi connectivity index (χ4v) is 2.75. The summed E-state index contributed by atoms with van der Waals surface area (Å²) in [7, 11) is 0. The normalized spacial score (nSPS) is 27.8. The molecule has 2 saturated heterocycles. The number of hydrogen-bond donors (Lipinski definition) is 1. The van der Waals surface area contributed by atoms with Crippen LogP contribution in [0.2, 0.25) is 0 Å². The summed E-state index contributed by atoms with van der Waals surface area (Å²) in [4.78, 5) is 2.62. The smallest absolute Gasteiger partial charge is 0.0634 e. The molecule has 0 saturated carbocycles. The number of rotatable bonds is 5. The van der Waals surface area contributed by atoms with Crippen LogP contribution < -0.4 is 5.32 Å². The maximum absolute atomic E-state index is 5.63. The van der Waals surface area contributed by atoms with Gasteiger partial charge in [-0.15, -0.1) is 0 Å². The second-order valence-corrected chi connectivity index (χ2v) is 5.84. The highest BCUT2D eigenvalue weighted by molar-refractivity contribution is 4.80. The summed E-state index contributed by atoms with van der Waals surface area (Å²) in [6.45, 7) is 11.4. The van der Waals surface area contributed by atoms with Crippen molar-refractivity contribution in [1.29, 1.82) is 0 Å². The third-order valence-electron chi connectivity index (χ3n) is 3.94. The third kappa shape index (κ3) is 4.50. The molecule has 0 amide bonds. The summed E-state index contributed by atoms with van der Waals surface area (Å²) in [6, 6.07) is 1.10. The third-order valence-corrected chi connectivity index (χ3v) is 3.94. The van der Waals surface area contributed by atoms with Crippen LogP contribution in [0, 0.1) is 5.92 Å². The van der Waals surface area contributed by atoms with Crippen LogP contribution in [0.5, 0.6) is 0 Å². The van der Waals surface area contributed by atoms with Crippen molar-refractivity contribution in [2.75, 3.05) is 46.1 Å². The van der Waals surface area contributed by atoms with Crippen LogP contribution in [0.25, 0.3) is 0 Å². The molecule has 0 aromatic rings. The highest BCUT2D eigenvalue weighted by Crippen LogP contribution is 2.18. The van der Waals surface area contributed by atoms with Gasteiger partial charge in [0, 0.05) is 44.9 Å². The van der Waals surface area contributed by atoms with Crippen LogP contribution in [-0.2, 0) is 9.47 Å². The van der Waals surface area contributed by atoms with Gasteiger partial charge in [0.25, 0.3) is 0 Å². The van der Waals surface area contributed by atoms with E-state index in [1.807, 2.05) is 0 Å². The van der Waals surface area contributed by atoms with E-state index in [0.717, 1.165) is 45.4 Å². The second-order valence-electron chi connectivity index (χ2n) is 5.84. The lowest BCUT2D eigenvalue weighted by atomic mass is 9.98. The summed E-state index contributed by atoms with van der Waals surface area (Å²) in [6.07, 6.45) is 2.45. The van der Waals surface area contributed by atoms with E-state index >= 15 is 0 Å². The molecule has 106 valence electrons. The van der Waals surface area contributed by atoms with Gasteiger partial charge in [-0.2, -0.15) is 0 Å². The first-order valence-electron chi connectivity index (χ1n) is 7.38. The Kier molecular flexibility index (Phi) is 5.89. The zero-order chi connectivity index (χ0) is 12.8. The summed E-state index contributed by atoms with van der Waals surface area (Å²) >= 11 is 0. The second kappa shape index (κ2) is 7.43. The standard InChI is InChI=1S/C14H28N2O2/c1-12(2)15-9-14-11-18-8-5-16(14)10-13-3-6-17-7-4-13/h12-15H,3-11H2,1-2H3. The molecule has 18 heavy (non-hydrogen) atoms. The Morgan fingerprint density at radius 3 is 2.67 bits per heavy atom. The minimum absolute atomic E-state index is 0.545. The molecule has 0 spiro atoms. The van der Waals surface area contributed by atoms with E-state index in [2.05, 4.69) is 24.1 Å². The molecule has 0 radical (unpaired) electrons. The van der Waals surface area contributed by atoms with E-state index in [-0.39, 0.29) is 0 Å². The maximum Gasteiger partial charge on any atom is 0.0634 e. The summed E-state index contributed by atoms with van der Waals surface area (Å²) in [5.41, 5.74) is 0.